The monoisotopic (exact) mass is 606 g/mol. The van der Waals surface area contributed by atoms with Crippen LogP contribution >= 0.6 is 0 Å². The molecule has 0 rings (SSSR count). The molecule has 43 heavy (non-hydrogen) atoms. The molecule has 0 saturated carbocycles. The first kappa shape index (κ1) is 41.1. The minimum absolute atomic E-state index is 0.0862. The zero-order chi connectivity index (χ0) is 31.6. The van der Waals surface area contributed by atoms with Crippen molar-refractivity contribution in [2.24, 2.45) is 0 Å². The van der Waals surface area contributed by atoms with Crippen molar-refractivity contribution in [3.8, 4) is 0 Å². The Labute approximate surface area is 264 Å². The molecule has 0 aliphatic rings. The predicted octanol–water partition coefficient (Wildman–Crippen LogP) is 9.48. The second-order valence-corrected chi connectivity index (χ2v) is 11.8. The SMILES string of the molecule is CC/C=C/CC(O)/C=C/C=C/CCCCCCCC(=O)O[C@@H](CO)COC(=O)CCCCCCCCCCCCCCC. The molecule has 2 atom stereocenters. The summed E-state index contributed by atoms with van der Waals surface area (Å²) in [4.78, 5) is 24.1. The maximum absolute atomic E-state index is 12.1. The van der Waals surface area contributed by atoms with Gasteiger partial charge < -0.3 is 19.7 Å². The lowest BCUT2D eigenvalue weighted by Crippen LogP contribution is -2.28. The summed E-state index contributed by atoms with van der Waals surface area (Å²) in [5.41, 5.74) is 0. The van der Waals surface area contributed by atoms with E-state index in [2.05, 4.69) is 26.0 Å². The fourth-order valence-electron chi connectivity index (χ4n) is 4.82. The molecule has 0 aliphatic heterocycles. The first-order chi connectivity index (χ1) is 21.0. The Morgan fingerprint density at radius 2 is 1.19 bits per heavy atom. The van der Waals surface area contributed by atoms with Crippen molar-refractivity contribution in [2.45, 2.75) is 174 Å². The number of aliphatic hydroxyl groups excluding tert-OH is 2. The minimum Gasteiger partial charge on any atom is -0.462 e. The Morgan fingerprint density at radius 1 is 0.651 bits per heavy atom. The summed E-state index contributed by atoms with van der Waals surface area (Å²) in [6, 6.07) is 0. The molecule has 0 spiro atoms. The van der Waals surface area contributed by atoms with Crippen LogP contribution in [-0.4, -0.2) is 47.6 Å². The number of hydrogen-bond acceptors (Lipinski definition) is 6. The molecular weight excluding hydrogens is 540 g/mol. The molecule has 0 aliphatic carbocycles. The van der Waals surface area contributed by atoms with Gasteiger partial charge >= 0.3 is 11.9 Å². The maximum Gasteiger partial charge on any atom is 0.306 e. The van der Waals surface area contributed by atoms with Crippen LogP contribution in [0.2, 0.25) is 0 Å². The topological polar surface area (TPSA) is 93.1 Å². The van der Waals surface area contributed by atoms with E-state index in [0.29, 0.717) is 19.3 Å². The van der Waals surface area contributed by atoms with Crippen LogP contribution in [0.1, 0.15) is 162 Å². The van der Waals surface area contributed by atoms with Crippen molar-refractivity contribution in [3.05, 3.63) is 36.5 Å². The molecule has 0 aromatic carbocycles. The van der Waals surface area contributed by atoms with E-state index in [4.69, 9.17) is 9.47 Å². The maximum atomic E-state index is 12.1. The zero-order valence-electron chi connectivity index (χ0n) is 27.8. The molecule has 6 heteroatoms. The normalized spacial score (nSPS) is 13.3. The van der Waals surface area contributed by atoms with Crippen LogP contribution in [0.25, 0.3) is 0 Å². The van der Waals surface area contributed by atoms with E-state index >= 15 is 0 Å². The van der Waals surface area contributed by atoms with Crippen molar-refractivity contribution in [2.75, 3.05) is 13.2 Å². The van der Waals surface area contributed by atoms with Gasteiger partial charge in [-0.2, -0.15) is 0 Å². The number of carbonyl (C=O) groups is 2. The van der Waals surface area contributed by atoms with Crippen LogP contribution in [0, 0.1) is 0 Å². The van der Waals surface area contributed by atoms with Crippen LogP contribution in [0.3, 0.4) is 0 Å². The van der Waals surface area contributed by atoms with E-state index in [1.807, 2.05) is 24.3 Å². The molecule has 2 N–H and O–H groups in total. The predicted molar refractivity (Wildman–Crippen MR) is 179 cm³/mol. The highest BCUT2D eigenvalue weighted by Crippen LogP contribution is 2.13. The first-order valence-electron chi connectivity index (χ1n) is 17.7. The highest BCUT2D eigenvalue weighted by atomic mass is 16.6. The Balaban J connectivity index is 3.66. The van der Waals surface area contributed by atoms with Gasteiger partial charge in [-0.25, -0.2) is 0 Å². The number of allylic oxidation sites excluding steroid dienone is 4. The Hall–Kier alpha value is -1.92. The summed E-state index contributed by atoms with van der Waals surface area (Å²) in [5, 5.41) is 19.3. The Morgan fingerprint density at radius 3 is 1.74 bits per heavy atom. The number of unbranched alkanes of at least 4 members (excludes halogenated alkanes) is 17. The molecule has 0 aromatic heterocycles. The average molecular weight is 607 g/mol. The van der Waals surface area contributed by atoms with E-state index in [1.165, 1.54) is 64.2 Å². The smallest absolute Gasteiger partial charge is 0.306 e. The zero-order valence-corrected chi connectivity index (χ0v) is 27.8. The standard InChI is InChI=1S/C37H66O6/c1-3-5-7-8-9-10-11-12-13-16-19-22-26-30-36(40)42-33-35(32-38)43-37(41)31-27-23-20-17-14-15-18-21-25-29-34(39)28-24-6-4-2/h6,18,21,24-25,29,34-35,38-39H,3-5,7-17,19-20,22-23,26-28,30-33H2,1-2H3/b21-18+,24-6+,29-25+/t34?,35-/m0/s1. The van der Waals surface area contributed by atoms with Crippen molar-refractivity contribution < 1.29 is 29.3 Å². The van der Waals surface area contributed by atoms with E-state index in [9.17, 15) is 19.8 Å². The van der Waals surface area contributed by atoms with Gasteiger partial charge in [-0.15, -0.1) is 0 Å². The van der Waals surface area contributed by atoms with Crippen molar-refractivity contribution in [3.63, 3.8) is 0 Å². The van der Waals surface area contributed by atoms with E-state index in [1.54, 1.807) is 0 Å². The second kappa shape index (κ2) is 33.0. The molecule has 0 aromatic rings. The van der Waals surface area contributed by atoms with E-state index in [-0.39, 0.29) is 25.2 Å². The molecule has 0 radical (unpaired) electrons. The van der Waals surface area contributed by atoms with Gasteiger partial charge in [-0.1, -0.05) is 147 Å². The van der Waals surface area contributed by atoms with Gasteiger partial charge in [0.25, 0.3) is 0 Å². The largest absolute Gasteiger partial charge is 0.462 e. The molecule has 6 nitrogen and oxygen atoms in total. The molecule has 1 unspecified atom stereocenters. The summed E-state index contributed by atoms with van der Waals surface area (Å²) >= 11 is 0. The van der Waals surface area contributed by atoms with E-state index < -0.39 is 12.2 Å². The number of aliphatic hydroxyl groups is 2. The first-order valence-corrected chi connectivity index (χ1v) is 17.7. The van der Waals surface area contributed by atoms with Crippen molar-refractivity contribution in [1.29, 1.82) is 0 Å². The average Bonchev–Trinajstić information content (AvgIpc) is 3.00. The number of rotatable bonds is 31. The fourth-order valence-corrected chi connectivity index (χ4v) is 4.82. The second-order valence-electron chi connectivity index (χ2n) is 11.8. The summed E-state index contributed by atoms with van der Waals surface area (Å²) in [6.07, 6.45) is 35.3. The minimum atomic E-state index is -0.794. The molecule has 0 fully saturated rings. The van der Waals surface area contributed by atoms with Gasteiger partial charge in [-0.3, -0.25) is 9.59 Å². The third kappa shape index (κ3) is 31.3. The molecule has 250 valence electrons. The van der Waals surface area contributed by atoms with Gasteiger partial charge in [0.15, 0.2) is 6.10 Å². The summed E-state index contributed by atoms with van der Waals surface area (Å²) < 4.78 is 10.5. The molecule has 0 bridgehead atoms. The number of carbonyl (C=O) groups excluding carboxylic acids is 2. The number of ether oxygens (including phenoxy) is 2. The summed E-state index contributed by atoms with van der Waals surface area (Å²) in [5.74, 6) is -0.644. The van der Waals surface area contributed by atoms with Crippen LogP contribution in [0.15, 0.2) is 36.5 Å². The molecule has 0 amide bonds. The van der Waals surface area contributed by atoms with Crippen LogP contribution < -0.4 is 0 Å². The summed E-state index contributed by atoms with van der Waals surface area (Å²) in [7, 11) is 0. The van der Waals surface area contributed by atoms with Crippen molar-refractivity contribution >= 4 is 11.9 Å². The molecule has 0 heterocycles. The lowest BCUT2D eigenvalue weighted by Gasteiger charge is -2.15. The van der Waals surface area contributed by atoms with Gasteiger partial charge in [0.1, 0.15) is 6.61 Å². The summed E-state index contributed by atoms with van der Waals surface area (Å²) in [6.45, 7) is 3.89. The van der Waals surface area contributed by atoms with Crippen LogP contribution in [0.4, 0.5) is 0 Å². The highest BCUT2D eigenvalue weighted by molar-refractivity contribution is 5.70. The Kier molecular flexibility index (Phi) is 31.5. The fraction of sp³-hybridized carbons (Fsp3) is 0.784. The van der Waals surface area contributed by atoms with Gasteiger partial charge in [-0.05, 0) is 38.5 Å². The third-order valence-electron chi connectivity index (χ3n) is 7.53. The van der Waals surface area contributed by atoms with Crippen LogP contribution in [0.5, 0.6) is 0 Å². The van der Waals surface area contributed by atoms with Crippen molar-refractivity contribution in [1.82, 2.24) is 0 Å². The number of hydrogen-bond donors (Lipinski definition) is 2. The Bertz CT molecular complexity index is 714. The van der Waals surface area contributed by atoms with E-state index in [0.717, 1.165) is 64.2 Å². The number of esters is 2. The lowest BCUT2D eigenvalue weighted by molar-refractivity contribution is -0.161. The van der Waals surface area contributed by atoms with Gasteiger partial charge in [0, 0.05) is 12.8 Å². The molecule has 0 saturated heterocycles. The van der Waals surface area contributed by atoms with Crippen LogP contribution in [-0.2, 0) is 19.1 Å². The van der Waals surface area contributed by atoms with Gasteiger partial charge in [0.05, 0.1) is 12.7 Å². The van der Waals surface area contributed by atoms with Gasteiger partial charge in [0.2, 0.25) is 0 Å². The lowest BCUT2D eigenvalue weighted by atomic mass is 10.0. The molecular formula is C37H66O6. The highest BCUT2D eigenvalue weighted by Gasteiger charge is 2.16. The quantitative estimate of drug-likeness (QED) is 0.0353. The third-order valence-corrected chi connectivity index (χ3v) is 7.53.